The number of amides is 1. The Morgan fingerprint density at radius 1 is 0.884 bits per heavy atom. The molecular weight excluding hydrogens is 538 g/mol. The van der Waals surface area contributed by atoms with Crippen molar-refractivity contribution in [3.8, 4) is 17.1 Å². The van der Waals surface area contributed by atoms with Crippen molar-refractivity contribution in [2.75, 3.05) is 5.32 Å². The molecule has 0 aliphatic rings. The standard InChI is InChI=1S/C36H29N3O4/c1-24-17-18-25(2)30(21-24)37-36(41)35(26-11-5-3-6-12-26)43-33(40)20-19-28-23-39(29-14-7-4-8-15-29)38-34(28)32-22-27-13-9-10-16-31(27)42-32/h3-23,35H,1-2H3,(H,37,41)/b20-19+/t35-/m1/s1. The molecule has 0 saturated carbocycles. The first-order chi connectivity index (χ1) is 20.9. The zero-order valence-corrected chi connectivity index (χ0v) is 23.7. The van der Waals surface area contributed by atoms with Crippen LogP contribution in [0.3, 0.4) is 0 Å². The number of benzene rings is 4. The van der Waals surface area contributed by atoms with E-state index in [-0.39, 0.29) is 0 Å². The Labute approximate surface area is 249 Å². The lowest BCUT2D eigenvalue weighted by Gasteiger charge is -2.18. The van der Waals surface area contributed by atoms with Gasteiger partial charge in [-0.05, 0) is 61.4 Å². The third-order valence-corrected chi connectivity index (χ3v) is 7.05. The summed E-state index contributed by atoms with van der Waals surface area (Å²) in [5.74, 6) is -0.548. The zero-order valence-electron chi connectivity index (χ0n) is 23.7. The molecule has 43 heavy (non-hydrogen) atoms. The van der Waals surface area contributed by atoms with Gasteiger partial charge in [0.25, 0.3) is 5.91 Å². The Balaban J connectivity index is 1.30. The van der Waals surface area contributed by atoms with Gasteiger partial charge in [-0.25, -0.2) is 9.48 Å². The Kier molecular flexibility index (Phi) is 7.70. The van der Waals surface area contributed by atoms with E-state index in [1.54, 1.807) is 35.0 Å². The van der Waals surface area contributed by atoms with E-state index < -0.39 is 18.0 Å². The van der Waals surface area contributed by atoms with Gasteiger partial charge < -0.3 is 14.5 Å². The highest BCUT2D eigenvalue weighted by atomic mass is 16.5. The molecule has 0 radical (unpaired) electrons. The number of ether oxygens (including phenoxy) is 1. The number of carbonyl (C=O) groups excluding carboxylic acids is 2. The number of carbonyl (C=O) groups is 2. The predicted molar refractivity (Wildman–Crippen MR) is 168 cm³/mol. The summed E-state index contributed by atoms with van der Waals surface area (Å²) >= 11 is 0. The molecule has 212 valence electrons. The second-order valence-corrected chi connectivity index (χ2v) is 10.2. The van der Waals surface area contributed by atoms with Gasteiger partial charge in [-0.2, -0.15) is 5.10 Å². The molecular formula is C36H29N3O4. The molecule has 2 heterocycles. The van der Waals surface area contributed by atoms with Crippen LogP contribution in [0, 0.1) is 13.8 Å². The summed E-state index contributed by atoms with van der Waals surface area (Å²) in [6, 6.07) is 34.1. The van der Waals surface area contributed by atoms with Crippen LogP contribution in [0.5, 0.6) is 0 Å². The van der Waals surface area contributed by atoms with Crippen molar-refractivity contribution in [2.45, 2.75) is 20.0 Å². The second kappa shape index (κ2) is 12.0. The van der Waals surface area contributed by atoms with E-state index in [0.29, 0.717) is 28.3 Å². The summed E-state index contributed by atoms with van der Waals surface area (Å²) in [5.41, 5.74) is 5.95. The van der Waals surface area contributed by atoms with Crippen LogP contribution in [0.2, 0.25) is 0 Å². The first-order valence-electron chi connectivity index (χ1n) is 13.9. The Morgan fingerprint density at radius 2 is 1.60 bits per heavy atom. The number of hydrogen-bond acceptors (Lipinski definition) is 5. The monoisotopic (exact) mass is 567 g/mol. The molecule has 0 spiro atoms. The number of aromatic nitrogens is 2. The van der Waals surface area contributed by atoms with Crippen LogP contribution in [0.25, 0.3) is 34.2 Å². The fraction of sp³-hybridized carbons (Fsp3) is 0.0833. The van der Waals surface area contributed by atoms with Gasteiger partial charge in [-0.1, -0.05) is 78.9 Å². The maximum Gasteiger partial charge on any atom is 0.331 e. The molecule has 0 unspecified atom stereocenters. The van der Waals surface area contributed by atoms with E-state index in [2.05, 4.69) is 5.32 Å². The number of para-hydroxylation sites is 2. The fourth-order valence-corrected chi connectivity index (χ4v) is 4.80. The summed E-state index contributed by atoms with van der Waals surface area (Å²) in [6.45, 7) is 3.87. The molecule has 1 atom stereocenters. The van der Waals surface area contributed by atoms with Crippen molar-refractivity contribution in [2.24, 2.45) is 0 Å². The molecule has 2 aromatic heterocycles. The van der Waals surface area contributed by atoms with Crippen molar-refractivity contribution in [3.05, 3.63) is 144 Å². The summed E-state index contributed by atoms with van der Waals surface area (Å²) in [6.07, 6.45) is 3.60. The molecule has 0 aliphatic carbocycles. The normalized spacial score (nSPS) is 12.0. The molecule has 6 aromatic rings. The first-order valence-corrected chi connectivity index (χ1v) is 13.9. The van der Waals surface area contributed by atoms with Crippen molar-refractivity contribution >= 4 is 34.6 Å². The molecule has 6 rings (SSSR count). The molecule has 0 bridgehead atoms. The minimum Gasteiger partial charge on any atom is -0.454 e. The predicted octanol–water partition coefficient (Wildman–Crippen LogP) is 7.84. The number of furan rings is 1. The smallest absolute Gasteiger partial charge is 0.331 e. The van der Waals surface area contributed by atoms with Crippen molar-refractivity contribution in [1.82, 2.24) is 9.78 Å². The van der Waals surface area contributed by atoms with Crippen LogP contribution in [0.15, 0.2) is 126 Å². The summed E-state index contributed by atoms with van der Waals surface area (Å²) in [4.78, 5) is 26.6. The number of nitrogens with one attached hydrogen (secondary N) is 1. The van der Waals surface area contributed by atoms with Gasteiger partial charge in [-0.3, -0.25) is 4.79 Å². The number of anilines is 1. The average molecular weight is 568 g/mol. The second-order valence-electron chi connectivity index (χ2n) is 10.2. The Bertz CT molecular complexity index is 1900. The van der Waals surface area contributed by atoms with E-state index >= 15 is 0 Å². The van der Waals surface area contributed by atoms with E-state index in [1.165, 1.54) is 6.08 Å². The molecule has 7 nitrogen and oxygen atoms in total. The lowest BCUT2D eigenvalue weighted by atomic mass is 10.1. The number of nitrogens with zero attached hydrogens (tertiary/aromatic N) is 2. The summed E-state index contributed by atoms with van der Waals surface area (Å²) < 4.78 is 13.6. The minimum absolute atomic E-state index is 0.443. The molecule has 7 heteroatoms. The highest BCUT2D eigenvalue weighted by molar-refractivity contribution is 5.98. The lowest BCUT2D eigenvalue weighted by molar-refractivity contribution is -0.149. The van der Waals surface area contributed by atoms with Gasteiger partial charge in [-0.15, -0.1) is 0 Å². The van der Waals surface area contributed by atoms with Crippen LogP contribution in [0.4, 0.5) is 5.69 Å². The molecule has 0 aliphatic heterocycles. The Hall–Kier alpha value is -5.69. The van der Waals surface area contributed by atoms with Crippen molar-refractivity contribution in [1.29, 1.82) is 0 Å². The third-order valence-electron chi connectivity index (χ3n) is 7.05. The zero-order chi connectivity index (χ0) is 29.8. The van der Waals surface area contributed by atoms with Crippen LogP contribution < -0.4 is 5.32 Å². The molecule has 0 fully saturated rings. The Morgan fingerprint density at radius 3 is 2.37 bits per heavy atom. The van der Waals surface area contributed by atoms with E-state index in [4.69, 9.17) is 14.3 Å². The van der Waals surface area contributed by atoms with Gasteiger partial charge in [0, 0.05) is 34.5 Å². The lowest BCUT2D eigenvalue weighted by Crippen LogP contribution is -2.25. The van der Waals surface area contributed by atoms with Crippen LogP contribution >= 0.6 is 0 Å². The van der Waals surface area contributed by atoms with Gasteiger partial charge in [0.15, 0.2) is 5.76 Å². The van der Waals surface area contributed by atoms with E-state index in [9.17, 15) is 9.59 Å². The topological polar surface area (TPSA) is 86.4 Å². The number of aryl methyl sites for hydroxylation is 2. The SMILES string of the molecule is Cc1ccc(C)c(NC(=O)[C@H](OC(=O)/C=C/c2cn(-c3ccccc3)nc2-c2cc3ccccc3o2)c2ccccc2)c1. The van der Waals surface area contributed by atoms with Crippen molar-refractivity contribution in [3.63, 3.8) is 0 Å². The van der Waals surface area contributed by atoms with E-state index in [1.807, 2.05) is 105 Å². The molecule has 4 aromatic carbocycles. The third kappa shape index (κ3) is 6.16. The maximum atomic E-state index is 13.4. The molecule has 1 N–H and O–H groups in total. The number of rotatable bonds is 8. The first kappa shape index (κ1) is 27.5. The molecule has 1 amide bonds. The maximum absolute atomic E-state index is 13.4. The largest absolute Gasteiger partial charge is 0.454 e. The highest BCUT2D eigenvalue weighted by Gasteiger charge is 2.25. The molecule has 0 saturated heterocycles. The van der Waals surface area contributed by atoms with Crippen molar-refractivity contribution < 1.29 is 18.7 Å². The van der Waals surface area contributed by atoms with Gasteiger partial charge >= 0.3 is 5.97 Å². The van der Waals surface area contributed by atoms with Gasteiger partial charge in [0.2, 0.25) is 6.10 Å². The number of esters is 1. The number of fused-ring (bicyclic) bond motifs is 1. The number of hydrogen-bond donors (Lipinski definition) is 1. The fourth-order valence-electron chi connectivity index (χ4n) is 4.80. The average Bonchev–Trinajstić information content (AvgIpc) is 3.66. The van der Waals surface area contributed by atoms with Crippen LogP contribution in [0.1, 0.15) is 28.4 Å². The van der Waals surface area contributed by atoms with E-state index in [0.717, 1.165) is 27.8 Å². The van der Waals surface area contributed by atoms with Gasteiger partial charge in [0.1, 0.15) is 11.3 Å². The highest BCUT2D eigenvalue weighted by Crippen LogP contribution is 2.31. The van der Waals surface area contributed by atoms with Gasteiger partial charge in [0.05, 0.1) is 5.69 Å². The van der Waals surface area contributed by atoms with Crippen LogP contribution in [-0.4, -0.2) is 21.7 Å². The summed E-state index contributed by atoms with van der Waals surface area (Å²) in [5, 5.41) is 8.65. The van der Waals surface area contributed by atoms with Crippen LogP contribution in [-0.2, 0) is 14.3 Å². The minimum atomic E-state index is -1.15. The summed E-state index contributed by atoms with van der Waals surface area (Å²) in [7, 11) is 0. The quantitative estimate of drug-likeness (QED) is 0.150.